The lowest BCUT2D eigenvalue weighted by Gasteiger charge is -2.27. The van der Waals surface area contributed by atoms with Crippen LogP contribution < -0.4 is 0 Å². The summed E-state index contributed by atoms with van der Waals surface area (Å²) in [6.07, 6.45) is 0.660. The summed E-state index contributed by atoms with van der Waals surface area (Å²) >= 11 is 29.7. The van der Waals surface area contributed by atoms with Crippen LogP contribution in [0.15, 0.2) is 0 Å². The Morgan fingerprint density at radius 2 is 1.56 bits per heavy atom. The number of alkyl halides is 5. The molecule has 0 atom stereocenters. The number of halogens is 5. The fourth-order valence-corrected chi connectivity index (χ4v) is 2.02. The van der Waals surface area contributed by atoms with Crippen molar-refractivity contribution in [2.45, 2.75) is 35.3 Å². The minimum absolute atomic E-state index is 0.00167. The molecule has 0 bridgehead atoms. The molecule has 0 aromatic carbocycles. The molecule has 0 aliphatic heterocycles. The molecule has 0 saturated carbocycles. The van der Waals surface area contributed by atoms with Gasteiger partial charge in [0.15, 0.2) is 0 Å². The molecular weight excluding hydrogens is 339 g/mol. The molecule has 1 rings (SSSR count). The van der Waals surface area contributed by atoms with Gasteiger partial charge in [0, 0.05) is 7.05 Å². The summed E-state index contributed by atoms with van der Waals surface area (Å²) in [6, 6.07) is 0. The van der Waals surface area contributed by atoms with Crippen molar-refractivity contribution in [3.8, 4) is 0 Å². The molecule has 1 aromatic rings. The lowest BCUT2D eigenvalue weighted by Crippen LogP contribution is -2.31. The van der Waals surface area contributed by atoms with Crippen LogP contribution in [0.3, 0.4) is 0 Å². The summed E-state index contributed by atoms with van der Waals surface area (Å²) < 4.78 is -2.04. The van der Waals surface area contributed by atoms with E-state index in [0.29, 0.717) is 6.42 Å². The molecule has 0 unspecified atom stereocenters. The molecule has 0 amide bonds. The maximum atomic E-state index is 6.14. The zero-order valence-electron chi connectivity index (χ0n) is 10.4. The van der Waals surface area contributed by atoms with Crippen LogP contribution in [0, 0.1) is 5.41 Å². The Balaban J connectivity index is 3.27. The summed E-state index contributed by atoms with van der Waals surface area (Å²) in [5.41, 5.74) is 1.03. The van der Waals surface area contributed by atoms with Gasteiger partial charge in [-0.1, -0.05) is 84.0 Å². The van der Waals surface area contributed by atoms with Crippen molar-refractivity contribution in [3.05, 3.63) is 11.4 Å². The topological polar surface area (TPSA) is 30.7 Å². The van der Waals surface area contributed by atoms with Crippen LogP contribution in [-0.2, 0) is 17.8 Å². The SMILES string of the molecule is Cn1nnc(C(Cl)(Cl)C(Cl)(Cl)Cl)c1CC(C)(C)C. The second-order valence-corrected chi connectivity index (χ2v) is 8.93. The van der Waals surface area contributed by atoms with E-state index in [2.05, 4.69) is 31.1 Å². The highest BCUT2D eigenvalue weighted by Crippen LogP contribution is 2.53. The van der Waals surface area contributed by atoms with Crippen LogP contribution >= 0.6 is 58.0 Å². The van der Waals surface area contributed by atoms with Gasteiger partial charge in [0.05, 0.1) is 5.69 Å². The summed E-state index contributed by atoms with van der Waals surface area (Å²) in [5.74, 6) is 0. The van der Waals surface area contributed by atoms with E-state index >= 15 is 0 Å². The maximum absolute atomic E-state index is 6.14. The van der Waals surface area contributed by atoms with E-state index in [0.717, 1.165) is 5.69 Å². The highest BCUT2D eigenvalue weighted by Gasteiger charge is 2.51. The molecule has 8 heteroatoms. The Morgan fingerprint density at radius 1 is 1.06 bits per heavy atom. The predicted octanol–water partition coefficient (Wildman–Crippen LogP) is 4.40. The van der Waals surface area contributed by atoms with E-state index in [-0.39, 0.29) is 11.1 Å². The van der Waals surface area contributed by atoms with Crippen molar-refractivity contribution in [2.24, 2.45) is 12.5 Å². The van der Waals surface area contributed by atoms with Crippen LogP contribution in [0.5, 0.6) is 0 Å². The number of hydrogen-bond donors (Lipinski definition) is 0. The first kappa shape index (κ1) is 16.6. The molecule has 0 fully saturated rings. The third-order valence-corrected chi connectivity index (χ3v) is 4.65. The fraction of sp³-hybridized carbons (Fsp3) is 0.800. The Bertz CT molecular complexity index is 428. The zero-order valence-corrected chi connectivity index (χ0v) is 14.2. The van der Waals surface area contributed by atoms with Crippen molar-refractivity contribution in [1.82, 2.24) is 15.0 Å². The predicted molar refractivity (Wildman–Crippen MR) is 77.8 cm³/mol. The monoisotopic (exact) mass is 351 g/mol. The smallest absolute Gasteiger partial charge is 0.228 e. The lowest BCUT2D eigenvalue weighted by atomic mass is 9.89. The first-order chi connectivity index (χ1) is 7.86. The van der Waals surface area contributed by atoms with Gasteiger partial charge in [-0.15, -0.1) is 5.10 Å². The minimum atomic E-state index is -1.89. The molecule has 0 aliphatic carbocycles. The van der Waals surface area contributed by atoms with E-state index in [4.69, 9.17) is 58.0 Å². The normalized spacial score (nSPS) is 14.1. The van der Waals surface area contributed by atoms with E-state index in [1.807, 2.05) is 0 Å². The van der Waals surface area contributed by atoms with Gasteiger partial charge in [-0.2, -0.15) is 0 Å². The standard InChI is InChI=1S/C10H14Cl5N3/c1-8(2,3)5-6-7(16-17-18(6)4)9(11,12)10(13,14)15/h5H2,1-4H3. The Morgan fingerprint density at radius 3 is 1.94 bits per heavy atom. The van der Waals surface area contributed by atoms with Gasteiger partial charge >= 0.3 is 0 Å². The van der Waals surface area contributed by atoms with E-state index in [1.54, 1.807) is 11.7 Å². The molecular formula is C10H14Cl5N3. The van der Waals surface area contributed by atoms with E-state index in [9.17, 15) is 0 Å². The largest absolute Gasteiger partial charge is 0.252 e. The maximum Gasteiger partial charge on any atom is 0.228 e. The molecule has 0 spiro atoms. The summed E-state index contributed by atoms with van der Waals surface area (Å²) in [6.45, 7) is 6.22. The first-order valence-electron chi connectivity index (χ1n) is 5.20. The van der Waals surface area contributed by atoms with Gasteiger partial charge in [0.25, 0.3) is 0 Å². The molecule has 0 aliphatic rings. The minimum Gasteiger partial charge on any atom is -0.252 e. The van der Waals surface area contributed by atoms with Gasteiger partial charge in [-0.3, -0.25) is 4.68 Å². The Labute approximate surface area is 132 Å². The average Bonchev–Trinajstić information content (AvgIpc) is 2.43. The molecule has 3 nitrogen and oxygen atoms in total. The summed E-state index contributed by atoms with van der Waals surface area (Å²) in [4.78, 5) is 0. The third kappa shape index (κ3) is 3.57. The number of aryl methyl sites for hydroxylation is 1. The zero-order chi connectivity index (χ0) is 14.4. The molecule has 104 valence electrons. The highest BCUT2D eigenvalue weighted by atomic mass is 35.6. The van der Waals surface area contributed by atoms with Crippen molar-refractivity contribution in [1.29, 1.82) is 0 Å². The quantitative estimate of drug-likeness (QED) is 0.738. The summed E-state index contributed by atoms with van der Waals surface area (Å²) in [7, 11) is 1.75. The molecule has 1 aromatic heterocycles. The third-order valence-electron chi connectivity index (χ3n) is 2.29. The van der Waals surface area contributed by atoms with Gasteiger partial charge in [0.2, 0.25) is 8.13 Å². The lowest BCUT2D eigenvalue weighted by molar-refractivity contribution is 0.395. The number of aromatic nitrogens is 3. The van der Waals surface area contributed by atoms with Crippen LogP contribution in [0.25, 0.3) is 0 Å². The highest BCUT2D eigenvalue weighted by molar-refractivity contribution is 6.75. The molecule has 0 saturated heterocycles. The van der Waals surface area contributed by atoms with E-state index in [1.165, 1.54) is 0 Å². The number of nitrogens with zero attached hydrogens (tertiary/aromatic N) is 3. The van der Waals surface area contributed by atoms with Crippen LogP contribution in [-0.4, -0.2) is 18.8 Å². The van der Waals surface area contributed by atoms with Crippen LogP contribution in [0.4, 0.5) is 0 Å². The molecule has 18 heavy (non-hydrogen) atoms. The first-order valence-corrected chi connectivity index (χ1v) is 7.09. The van der Waals surface area contributed by atoms with Gasteiger partial charge in [-0.05, 0) is 11.8 Å². The van der Waals surface area contributed by atoms with Crippen molar-refractivity contribution < 1.29 is 0 Å². The second kappa shape index (κ2) is 5.17. The molecule has 0 radical (unpaired) electrons. The van der Waals surface area contributed by atoms with E-state index < -0.39 is 8.13 Å². The second-order valence-electron chi connectivity index (χ2n) is 5.32. The van der Waals surface area contributed by atoms with Crippen molar-refractivity contribution in [2.75, 3.05) is 0 Å². The van der Waals surface area contributed by atoms with Crippen LogP contribution in [0.1, 0.15) is 32.2 Å². The van der Waals surface area contributed by atoms with Gasteiger partial charge < -0.3 is 0 Å². The summed E-state index contributed by atoms with van der Waals surface area (Å²) in [5, 5.41) is 7.84. The fourth-order valence-electron chi connectivity index (χ4n) is 1.46. The average molecular weight is 354 g/mol. The Hall–Kier alpha value is 0.590. The number of hydrogen-bond acceptors (Lipinski definition) is 2. The van der Waals surface area contributed by atoms with Crippen molar-refractivity contribution >= 4 is 58.0 Å². The molecule has 1 heterocycles. The molecule has 0 N–H and O–H groups in total. The van der Waals surface area contributed by atoms with Crippen LogP contribution in [0.2, 0.25) is 0 Å². The van der Waals surface area contributed by atoms with Crippen molar-refractivity contribution in [3.63, 3.8) is 0 Å². The van der Waals surface area contributed by atoms with Gasteiger partial charge in [0.1, 0.15) is 5.69 Å². The van der Waals surface area contributed by atoms with Gasteiger partial charge in [-0.25, -0.2) is 0 Å². The number of rotatable bonds is 2. The Kier molecular flexibility index (Phi) is 4.78.